The summed E-state index contributed by atoms with van der Waals surface area (Å²) < 4.78 is 8.75. The Morgan fingerprint density at radius 3 is 2.31 bits per heavy atom. The molecule has 0 N–H and O–H groups in total. The Kier molecular flexibility index (Phi) is 4.79. The van der Waals surface area contributed by atoms with E-state index in [4.69, 9.17) is 4.42 Å². The number of furan rings is 1. The average Bonchev–Trinajstić information content (AvgIpc) is 3.14. The van der Waals surface area contributed by atoms with Gasteiger partial charge in [0.25, 0.3) is 0 Å². The second-order valence-electron chi connectivity index (χ2n) is 10.1. The maximum atomic E-state index is 6.41. The zero-order chi connectivity index (χ0) is 22.8. The molecule has 0 saturated carbocycles. The van der Waals surface area contributed by atoms with Gasteiger partial charge in [-0.15, -0.1) is 0 Å². The number of benzene rings is 3. The van der Waals surface area contributed by atoms with E-state index in [9.17, 15) is 0 Å². The number of hydrogen-bond acceptors (Lipinski definition) is 1. The molecule has 5 aromatic rings. The molecule has 0 aliphatic carbocycles. The highest BCUT2D eigenvalue weighted by atomic mass is 28.3. The third kappa shape index (κ3) is 3.02. The quantitative estimate of drug-likeness (QED) is 0.215. The van der Waals surface area contributed by atoms with Gasteiger partial charge in [-0.1, -0.05) is 68.5 Å². The molecule has 0 saturated heterocycles. The van der Waals surface area contributed by atoms with Crippen LogP contribution in [0, 0.1) is 13.8 Å². The summed E-state index contributed by atoms with van der Waals surface area (Å²) in [6, 6.07) is 22.2. The van der Waals surface area contributed by atoms with Crippen molar-refractivity contribution in [2.24, 2.45) is 7.05 Å². The van der Waals surface area contributed by atoms with Gasteiger partial charge in [0.2, 0.25) is 11.2 Å². The Labute approximate surface area is 191 Å². The molecule has 3 aromatic carbocycles. The first-order chi connectivity index (χ1) is 15.2. The molecule has 3 heteroatoms. The van der Waals surface area contributed by atoms with E-state index in [1.807, 2.05) is 6.07 Å². The van der Waals surface area contributed by atoms with Crippen molar-refractivity contribution in [1.82, 2.24) is 0 Å². The lowest BCUT2D eigenvalue weighted by Crippen LogP contribution is -2.44. The van der Waals surface area contributed by atoms with Gasteiger partial charge in [-0.25, -0.2) is 0 Å². The number of rotatable bonds is 3. The van der Waals surface area contributed by atoms with E-state index >= 15 is 0 Å². The monoisotopic (exact) mass is 438 g/mol. The van der Waals surface area contributed by atoms with Gasteiger partial charge in [0.05, 0.1) is 13.6 Å². The van der Waals surface area contributed by atoms with Crippen molar-refractivity contribution >= 4 is 46.1 Å². The van der Waals surface area contributed by atoms with Gasteiger partial charge in [-0.2, -0.15) is 4.57 Å². The molecule has 0 unspecified atom stereocenters. The topological polar surface area (TPSA) is 17.0 Å². The summed E-state index contributed by atoms with van der Waals surface area (Å²) in [5.41, 5.74) is 8.83. The van der Waals surface area contributed by atoms with Crippen LogP contribution in [0.25, 0.3) is 44.1 Å². The van der Waals surface area contributed by atoms with Crippen LogP contribution in [0.3, 0.4) is 0 Å². The first-order valence-electron chi connectivity index (χ1n) is 11.5. The van der Waals surface area contributed by atoms with Crippen molar-refractivity contribution in [3.05, 3.63) is 71.8 Å². The smallest absolute Gasteiger partial charge is 0.217 e. The fraction of sp³-hybridized carbons (Fsp3) is 0.276. The highest BCUT2D eigenvalue weighted by Gasteiger charge is 2.29. The molecule has 0 aliphatic rings. The summed E-state index contributed by atoms with van der Waals surface area (Å²) >= 11 is 0. The molecular weight excluding hydrogens is 406 g/mol. The van der Waals surface area contributed by atoms with Crippen LogP contribution >= 0.6 is 0 Å². The zero-order valence-electron chi connectivity index (χ0n) is 20.2. The van der Waals surface area contributed by atoms with Gasteiger partial charge in [-0.3, -0.25) is 0 Å². The van der Waals surface area contributed by atoms with Gasteiger partial charge in [-0.05, 0) is 42.6 Å². The van der Waals surface area contributed by atoms with E-state index in [1.165, 1.54) is 49.2 Å². The van der Waals surface area contributed by atoms with E-state index in [1.54, 1.807) is 0 Å². The minimum Gasteiger partial charge on any atom is -0.455 e. The minimum atomic E-state index is -1.48. The summed E-state index contributed by atoms with van der Waals surface area (Å²) in [6.07, 6.45) is 0. The first-order valence-corrected chi connectivity index (χ1v) is 14.6. The van der Waals surface area contributed by atoms with Gasteiger partial charge in [0.1, 0.15) is 18.2 Å². The molecule has 0 atom stereocenters. The lowest BCUT2D eigenvalue weighted by atomic mass is 9.98. The van der Waals surface area contributed by atoms with Crippen LogP contribution in [-0.2, 0) is 7.05 Å². The Morgan fingerprint density at radius 1 is 0.812 bits per heavy atom. The molecule has 2 aromatic heterocycles. The molecule has 0 aliphatic heterocycles. The van der Waals surface area contributed by atoms with Crippen molar-refractivity contribution in [3.8, 4) is 11.3 Å². The summed E-state index contributed by atoms with van der Waals surface area (Å²) in [7, 11) is 0.703. The predicted molar refractivity (Wildman–Crippen MR) is 140 cm³/mol. The molecule has 162 valence electrons. The van der Waals surface area contributed by atoms with Crippen LogP contribution in [0.4, 0.5) is 0 Å². The predicted octanol–water partition coefficient (Wildman–Crippen LogP) is 7.17. The SMILES string of the molecule is Cc1ccc2c(oc3ccccc32)c1-c1cc(C)c2cc([Si](C)(C)C(C)C)ccc2[n+]1C. The molecule has 2 nitrogen and oxygen atoms in total. The molecular formula is C29H32NOSi+. The minimum absolute atomic E-state index is 0.710. The summed E-state index contributed by atoms with van der Waals surface area (Å²) in [6.45, 7) is 14.1. The lowest BCUT2D eigenvalue weighted by Gasteiger charge is -2.27. The Balaban J connectivity index is 1.80. The molecule has 5 rings (SSSR count). The average molecular weight is 439 g/mol. The van der Waals surface area contributed by atoms with Crippen LogP contribution in [0.1, 0.15) is 25.0 Å². The van der Waals surface area contributed by atoms with Gasteiger partial charge in [0.15, 0.2) is 0 Å². The second kappa shape index (κ2) is 7.31. The number of fused-ring (bicyclic) bond motifs is 4. The Bertz CT molecular complexity index is 1510. The lowest BCUT2D eigenvalue weighted by molar-refractivity contribution is -0.633. The molecule has 0 fully saturated rings. The third-order valence-electron chi connectivity index (χ3n) is 7.70. The summed E-state index contributed by atoms with van der Waals surface area (Å²) in [4.78, 5) is 0. The number of pyridine rings is 1. The Hall–Kier alpha value is -2.91. The fourth-order valence-corrected chi connectivity index (χ4v) is 6.53. The van der Waals surface area contributed by atoms with Crippen LogP contribution < -0.4 is 9.75 Å². The number of aryl methyl sites for hydroxylation is 3. The maximum Gasteiger partial charge on any atom is 0.217 e. The molecule has 32 heavy (non-hydrogen) atoms. The number of aromatic nitrogens is 1. The van der Waals surface area contributed by atoms with E-state index in [-0.39, 0.29) is 0 Å². The van der Waals surface area contributed by atoms with Crippen molar-refractivity contribution < 1.29 is 8.98 Å². The van der Waals surface area contributed by atoms with Crippen LogP contribution in [0.15, 0.2) is 65.1 Å². The van der Waals surface area contributed by atoms with Gasteiger partial charge < -0.3 is 4.42 Å². The van der Waals surface area contributed by atoms with E-state index in [2.05, 4.69) is 107 Å². The molecule has 0 spiro atoms. The van der Waals surface area contributed by atoms with Crippen molar-refractivity contribution in [3.63, 3.8) is 0 Å². The highest BCUT2D eigenvalue weighted by Crippen LogP contribution is 2.37. The highest BCUT2D eigenvalue weighted by molar-refractivity contribution is 6.91. The first kappa shape index (κ1) is 21.0. The number of hydrogen-bond donors (Lipinski definition) is 0. The molecule has 0 radical (unpaired) electrons. The van der Waals surface area contributed by atoms with Gasteiger partial charge in [0, 0.05) is 28.3 Å². The fourth-order valence-electron chi connectivity index (χ4n) is 4.83. The summed E-state index contributed by atoms with van der Waals surface area (Å²) in [5, 5.41) is 5.24. The normalized spacial score (nSPS) is 12.5. The maximum absolute atomic E-state index is 6.41. The van der Waals surface area contributed by atoms with E-state index < -0.39 is 8.07 Å². The Morgan fingerprint density at radius 2 is 1.56 bits per heavy atom. The van der Waals surface area contributed by atoms with Crippen molar-refractivity contribution in [2.45, 2.75) is 46.3 Å². The standard InChI is InChI=1S/C29H32NOSi/c1-18(2)32(6,7)21-13-15-25-24(17-21)20(4)16-26(30(25)5)28-19(3)12-14-23-22-10-8-9-11-27(22)31-29(23)28/h8-18H,1-7H3/q+1. The third-order valence-corrected chi connectivity index (χ3v) is 12.4. The van der Waals surface area contributed by atoms with Crippen LogP contribution in [0.5, 0.6) is 0 Å². The second-order valence-corrected chi connectivity index (χ2v) is 15.3. The molecule has 0 amide bonds. The summed E-state index contributed by atoms with van der Waals surface area (Å²) in [5.74, 6) is 0. The van der Waals surface area contributed by atoms with Crippen molar-refractivity contribution in [1.29, 1.82) is 0 Å². The van der Waals surface area contributed by atoms with E-state index in [0.29, 0.717) is 5.54 Å². The van der Waals surface area contributed by atoms with Crippen LogP contribution in [-0.4, -0.2) is 8.07 Å². The van der Waals surface area contributed by atoms with Crippen LogP contribution in [0.2, 0.25) is 18.6 Å². The van der Waals surface area contributed by atoms with E-state index in [0.717, 1.165) is 11.2 Å². The number of para-hydroxylation sites is 1. The molecule has 0 bridgehead atoms. The molecule has 2 heterocycles. The van der Waals surface area contributed by atoms with Crippen molar-refractivity contribution in [2.75, 3.05) is 0 Å². The number of nitrogens with zero attached hydrogens (tertiary/aromatic N) is 1. The largest absolute Gasteiger partial charge is 0.455 e. The van der Waals surface area contributed by atoms with Gasteiger partial charge >= 0.3 is 0 Å². The zero-order valence-corrected chi connectivity index (χ0v) is 21.2.